The van der Waals surface area contributed by atoms with Gasteiger partial charge in [0, 0.05) is 26.1 Å². The fourth-order valence-electron chi connectivity index (χ4n) is 3.36. The first-order valence-electron chi connectivity index (χ1n) is 10.4. The lowest BCUT2D eigenvalue weighted by atomic mass is 10.1. The number of rotatable bonds is 8. The first-order chi connectivity index (χ1) is 14.1. The third kappa shape index (κ3) is 6.83. The molecule has 1 aromatic carbocycles. The van der Waals surface area contributed by atoms with Crippen molar-refractivity contribution in [1.29, 1.82) is 0 Å². The second kappa shape index (κ2) is 12.1. The Bertz CT molecular complexity index is 824. The minimum atomic E-state index is -0.671. The maximum Gasteiger partial charge on any atom is 0.191 e. The summed E-state index contributed by atoms with van der Waals surface area (Å²) in [6.45, 7) is 8.47. The Labute approximate surface area is 195 Å². The van der Waals surface area contributed by atoms with Crippen molar-refractivity contribution in [3.8, 4) is 5.75 Å². The highest BCUT2D eigenvalue weighted by atomic mass is 127. The highest BCUT2D eigenvalue weighted by molar-refractivity contribution is 14.0. The Morgan fingerprint density at radius 1 is 1.27 bits per heavy atom. The zero-order chi connectivity index (χ0) is 20.6. The third-order valence-electron chi connectivity index (χ3n) is 4.74. The summed E-state index contributed by atoms with van der Waals surface area (Å²) in [5.74, 6) is 3.34. The molecule has 30 heavy (non-hydrogen) atoms. The number of hydrogen-bond donors (Lipinski definition) is 3. The van der Waals surface area contributed by atoms with Crippen LogP contribution in [0.1, 0.15) is 56.9 Å². The van der Waals surface area contributed by atoms with Crippen molar-refractivity contribution < 1.29 is 9.84 Å². The van der Waals surface area contributed by atoms with Crippen molar-refractivity contribution in [1.82, 2.24) is 25.4 Å². The molecular weight excluding hydrogens is 495 g/mol. The maximum absolute atomic E-state index is 10.6. The van der Waals surface area contributed by atoms with Gasteiger partial charge in [-0.25, -0.2) is 4.99 Å². The van der Waals surface area contributed by atoms with Gasteiger partial charge in [0.05, 0.1) is 12.2 Å². The van der Waals surface area contributed by atoms with Crippen LogP contribution in [0, 0.1) is 0 Å². The summed E-state index contributed by atoms with van der Waals surface area (Å²) >= 11 is 0. The van der Waals surface area contributed by atoms with Gasteiger partial charge in [0.2, 0.25) is 0 Å². The molecule has 2 aromatic rings. The van der Waals surface area contributed by atoms with Crippen LogP contribution in [0.2, 0.25) is 0 Å². The molecule has 2 heterocycles. The van der Waals surface area contributed by atoms with Crippen LogP contribution >= 0.6 is 24.0 Å². The van der Waals surface area contributed by atoms with E-state index in [-0.39, 0.29) is 30.1 Å². The lowest BCUT2D eigenvalue weighted by molar-refractivity contribution is 0.179. The number of hydrogen-bond acceptors (Lipinski definition) is 5. The lowest BCUT2D eigenvalue weighted by Crippen LogP contribution is -2.39. The van der Waals surface area contributed by atoms with Gasteiger partial charge in [0.15, 0.2) is 11.8 Å². The Morgan fingerprint density at radius 3 is 2.87 bits per heavy atom. The minimum absolute atomic E-state index is 0. The summed E-state index contributed by atoms with van der Waals surface area (Å²) in [4.78, 5) is 4.62. The SMILES string of the molecule is CCNC(=NCc1nnc2n1CCCC2)NCC(O)c1cccc(OC(C)C)c1.I. The Kier molecular flexibility index (Phi) is 9.83. The molecule has 1 aliphatic heterocycles. The lowest BCUT2D eigenvalue weighted by Gasteiger charge is -2.17. The van der Waals surface area contributed by atoms with Gasteiger partial charge in [-0.1, -0.05) is 12.1 Å². The Morgan fingerprint density at radius 2 is 2.10 bits per heavy atom. The number of ether oxygens (including phenoxy) is 1. The normalized spacial score (nSPS) is 14.6. The van der Waals surface area contributed by atoms with Crippen LogP contribution in [0.3, 0.4) is 0 Å². The molecule has 166 valence electrons. The molecule has 0 amide bonds. The van der Waals surface area contributed by atoms with Gasteiger partial charge in [-0.15, -0.1) is 34.2 Å². The molecule has 0 aliphatic carbocycles. The molecule has 0 saturated heterocycles. The van der Waals surface area contributed by atoms with Crippen LogP contribution in [0.25, 0.3) is 0 Å². The van der Waals surface area contributed by atoms with Crippen LogP contribution in [0.15, 0.2) is 29.3 Å². The smallest absolute Gasteiger partial charge is 0.191 e. The van der Waals surface area contributed by atoms with E-state index in [1.807, 2.05) is 45.0 Å². The summed E-state index contributed by atoms with van der Waals surface area (Å²) in [6.07, 6.45) is 2.74. The molecule has 1 aromatic heterocycles. The molecule has 0 spiro atoms. The van der Waals surface area contributed by atoms with E-state index in [0.29, 0.717) is 19.0 Å². The topological polar surface area (TPSA) is 96.6 Å². The molecule has 0 fully saturated rings. The number of fused-ring (bicyclic) bond motifs is 1. The van der Waals surface area contributed by atoms with E-state index < -0.39 is 6.10 Å². The molecule has 3 rings (SSSR count). The predicted molar refractivity (Wildman–Crippen MR) is 128 cm³/mol. The van der Waals surface area contributed by atoms with Crippen molar-refractivity contribution in [2.24, 2.45) is 4.99 Å². The molecule has 1 aliphatic rings. The van der Waals surface area contributed by atoms with Crippen molar-refractivity contribution >= 4 is 29.9 Å². The number of nitrogens with zero attached hydrogens (tertiary/aromatic N) is 4. The van der Waals surface area contributed by atoms with Crippen molar-refractivity contribution in [2.45, 2.75) is 65.3 Å². The predicted octanol–water partition coefficient (Wildman–Crippen LogP) is 2.81. The molecule has 1 unspecified atom stereocenters. The quantitative estimate of drug-likeness (QED) is 0.277. The van der Waals surface area contributed by atoms with E-state index >= 15 is 0 Å². The summed E-state index contributed by atoms with van der Waals surface area (Å²) in [5, 5.41) is 25.6. The molecule has 1 atom stereocenters. The Hall–Kier alpha value is -1.88. The number of aliphatic imine (C=N–C) groups is 1. The van der Waals surface area contributed by atoms with Gasteiger partial charge >= 0.3 is 0 Å². The van der Waals surface area contributed by atoms with Gasteiger partial charge in [0.25, 0.3) is 0 Å². The first-order valence-corrected chi connectivity index (χ1v) is 10.4. The van der Waals surface area contributed by atoms with E-state index in [1.165, 1.54) is 6.42 Å². The zero-order valence-corrected chi connectivity index (χ0v) is 20.3. The fraction of sp³-hybridized carbons (Fsp3) is 0.571. The molecule has 0 saturated carbocycles. The van der Waals surface area contributed by atoms with E-state index in [4.69, 9.17) is 4.74 Å². The van der Waals surface area contributed by atoms with Crippen molar-refractivity contribution in [3.05, 3.63) is 41.5 Å². The van der Waals surface area contributed by atoms with Crippen LogP contribution in [-0.4, -0.2) is 45.0 Å². The summed E-state index contributed by atoms with van der Waals surface area (Å²) in [7, 11) is 0. The second-order valence-electron chi connectivity index (χ2n) is 7.47. The van der Waals surface area contributed by atoms with E-state index in [2.05, 4.69) is 30.4 Å². The van der Waals surface area contributed by atoms with Crippen molar-refractivity contribution in [2.75, 3.05) is 13.1 Å². The van der Waals surface area contributed by atoms with E-state index in [0.717, 1.165) is 48.9 Å². The van der Waals surface area contributed by atoms with E-state index in [1.54, 1.807) is 0 Å². The number of aryl methyl sites for hydroxylation is 1. The fourth-order valence-corrected chi connectivity index (χ4v) is 3.36. The number of nitrogens with one attached hydrogen (secondary N) is 2. The van der Waals surface area contributed by atoms with Crippen molar-refractivity contribution in [3.63, 3.8) is 0 Å². The van der Waals surface area contributed by atoms with Gasteiger partial charge in [0.1, 0.15) is 18.1 Å². The van der Waals surface area contributed by atoms with Crippen LogP contribution in [-0.2, 0) is 19.5 Å². The highest BCUT2D eigenvalue weighted by Gasteiger charge is 2.15. The number of benzene rings is 1. The van der Waals surface area contributed by atoms with Gasteiger partial charge in [-0.05, 0) is 51.3 Å². The zero-order valence-electron chi connectivity index (χ0n) is 18.0. The number of halogens is 1. The van der Waals surface area contributed by atoms with Crippen LogP contribution in [0.5, 0.6) is 5.75 Å². The molecule has 9 heteroatoms. The Balaban J connectivity index is 0.00000320. The number of aliphatic hydroxyl groups is 1. The molecule has 0 bridgehead atoms. The number of aliphatic hydroxyl groups excluding tert-OH is 1. The third-order valence-corrected chi connectivity index (χ3v) is 4.74. The number of aromatic nitrogens is 3. The molecular formula is C21H33IN6O2. The number of guanidine groups is 1. The summed E-state index contributed by atoms with van der Waals surface area (Å²) < 4.78 is 7.88. The van der Waals surface area contributed by atoms with Crippen LogP contribution < -0.4 is 15.4 Å². The van der Waals surface area contributed by atoms with E-state index in [9.17, 15) is 5.11 Å². The average Bonchev–Trinajstić information content (AvgIpc) is 3.13. The largest absolute Gasteiger partial charge is 0.491 e. The monoisotopic (exact) mass is 528 g/mol. The molecule has 3 N–H and O–H groups in total. The van der Waals surface area contributed by atoms with Gasteiger partial charge in [-0.2, -0.15) is 0 Å². The minimum Gasteiger partial charge on any atom is -0.491 e. The maximum atomic E-state index is 10.6. The van der Waals surface area contributed by atoms with Gasteiger partial charge in [-0.3, -0.25) is 0 Å². The molecule has 8 nitrogen and oxygen atoms in total. The highest BCUT2D eigenvalue weighted by Crippen LogP contribution is 2.20. The standard InChI is InChI=1S/C21H32N6O2.HI/c1-4-22-21(24-14-20-26-25-19-10-5-6-11-27(19)20)23-13-18(28)16-8-7-9-17(12-16)29-15(2)3;/h7-9,12,15,18,28H,4-6,10-11,13-14H2,1-3H3,(H2,22,23,24);1H. The first kappa shape index (κ1) is 24.4. The summed E-state index contributed by atoms with van der Waals surface area (Å²) in [5.41, 5.74) is 0.804. The molecule has 0 radical (unpaired) electrons. The average molecular weight is 528 g/mol. The van der Waals surface area contributed by atoms with Crippen LogP contribution in [0.4, 0.5) is 0 Å². The second-order valence-corrected chi connectivity index (χ2v) is 7.47. The summed E-state index contributed by atoms with van der Waals surface area (Å²) in [6, 6.07) is 7.56. The van der Waals surface area contributed by atoms with Gasteiger partial charge < -0.3 is 25.0 Å².